The van der Waals surface area contributed by atoms with E-state index in [4.69, 9.17) is 19.3 Å². The normalized spacial score (nSPS) is 20.0. The van der Waals surface area contributed by atoms with E-state index in [1.165, 1.54) is 0 Å². The average molecular weight is 422 g/mol. The van der Waals surface area contributed by atoms with E-state index in [1.807, 2.05) is 6.92 Å². The molecule has 1 amide bonds. The summed E-state index contributed by atoms with van der Waals surface area (Å²) in [6, 6.07) is 0. The first kappa shape index (κ1) is 22.7. The summed E-state index contributed by atoms with van der Waals surface area (Å²) >= 11 is 0. The van der Waals surface area contributed by atoms with Crippen molar-refractivity contribution in [3.05, 3.63) is 17.0 Å². The van der Waals surface area contributed by atoms with E-state index < -0.39 is 0 Å². The first-order valence-electron chi connectivity index (χ1n) is 11.3. The molecule has 2 aliphatic rings. The minimum Gasteiger partial charge on any atom is -0.465 e. The van der Waals surface area contributed by atoms with Crippen LogP contribution in [-0.2, 0) is 38.4 Å². The smallest absolute Gasteiger partial charge is 0.309 e. The van der Waals surface area contributed by atoms with Gasteiger partial charge in [0.15, 0.2) is 0 Å². The topological polar surface area (TPSA) is 91.7 Å². The molecule has 1 N–H and O–H groups in total. The summed E-state index contributed by atoms with van der Waals surface area (Å²) in [6.07, 6.45) is 4.56. The molecule has 0 unspecified atom stereocenters. The van der Waals surface area contributed by atoms with E-state index in [1.54, 1.807) is 4.68 Å². The van der Waals surface area contributed by atoms with E-state index in [9.17, 15) is 9.59 Å². The summed E-state index contributed by atoms with van der Waals surface area (Å²) < 4.78 is 18.3. The van der Waals surface area contributed by atoms with Gasteiger partial charge < -0.3 is 19.5 Å². The highest BCUT2D eigenvalue weighted by Crippen LogP contribution is 2.22. The molecule has 2 aliphatic heterocycles. The molecule has 0 spiro atoms. The van der Waals surface area contributed by atoms with Crippen LogP contribution in [0.15, 0.2) is 0 Å². The molecule has 0 aromatic carbocycles. The molecule has 168 valence electrons. The van der Waals surface area contributed by atoms with Gasteiger partial charge in [-0.05, 0) is 51.4 Å². The first-order valence-corrected chi connectivity index (χ1v) is 11.3. The largest absolute Gasteiger partial charge is 0.465 e. The molecule has 0 bridgehead atoms. The Bertz CT molecular complexity index is 712. The summed E-state index contributed by atoms with van der Waals surface area (Å²) in [4.78, 5) is 25.1. The second-order valence-corrected chi connectivity index (χ2v) is 8.24. The fraction of sp³-hybridized carbons (Fsp3) is 0.773. The summed E-state index contributed by atoms with van der Waals surface area (Å²) in [5, 5.41) is 7.74. The lowest BCUT2D eigenvalue weighted by molar-refractivity contribution is -0.152. The van der Waals surface area contributed by atoms with Gasteiger partial charge in [-0.25, -0.2) is 0 Å². The van der Waals surface area contributed by atoms with Gasteiger partial charge in [0, 0.05) is 45.1 Å². The first-order chi connectivity index (χ1) is 14.6. The number of aryl methyl sites for hydroxylation is 1. The minimum absolute atomic E-state index is 0.0504. The number of amides is 1. The van der Waals surface area contributed by atoms with Crippen LogP contribution in [0, 0.1) is 11.8 Å². The van der Waals surface area contributed by atoms with Crippen molar-refractivity contribution in [1.29, 1.82) is 0 Å². The average Bonchev–Trinajstić information content (AvgIpc) is 3.09. The molecule has 1 aromatic heterocycles. The van der Waals surface area contributed by atoms with Crippen LogP contribution in [0.4, 0.5) is 0 Å². The van der Waals surface area contributed by atoms with Crippen molar-refractivity contribution in [2.45, 2.75) is 58.9 Å². The fourth-order valence-electron chi connectivity index (χ4n) is 4.04. The zero-order chi connectivity index (χ0) is 21.3. The van der Waals surface area contributed by atoms with Gasteiger partial charge in [0.25, 0.3) is 5.91 Å². The molecular formula is C22H35N3O5. The fourth-order valence-corrected chi connectivity index (χ4v) is 4.04. The molecule has 8 nitrogen and oxygen atoms in total. The predicted octanol–water partition coefficient (Wildman–Crippen LogP) is 2.13. The monoisotopic (exact) mass is 421 g/mol. The number of carbonyl (C=O) groups excluding carboxylic acids is 2. The number of nitrogens with one attached hydrogen (secondary N) is 1. The molecule has 1 atom stereocenters. The molecule has 30 heavy (non-hydrogen) atoms. The third-order valence-electron chi connectivity index (χ3n) is 5.72. The third kappa shape index (κ3) is 6.04. The second kappa shape index (κ2) is 11.5. The maximum absolute atomic E-state index is 12.8. The van der Waals surface area contributed by atoms with Crippen molar-refractivity contribution in [3.8, 4) is 0 Å². The molecule has 0 aliphatic carbocycles. The van der Waals surface area contributed by atoms with Crippen molar-refractivity contribution in [3.63, 3.8) is 0 Å². The highest BCUT2D eigenvalue weighted by atomic mass is 16.5. The molecule has 0 radical (unpaired) electrons. The lowest BCUT2D eigenvalue weighted by Gasteiger charge is -2.21. The quantitative estimate of drug-likeness (QED) is 0.708. The van der Waals surface area contributed by atoms with Gasteiger partial charge in [0.1, 0.15) is 5.69 Å². The molecule has 1 fully saturated rings. The molecule has 3 heterocycles. The van der Waals surface area contributed by atoms with Gasteiger partial charge >= 0.3 is 5.97 Å². The van der Waals surface area contributed by atoms with Crippen LogP contribution in [0.2, 0.25) is 0 Å². The Hall–Kier alpha value is -1.93. The van der Waals surface area contributed by atoms with Crippen molar-refractivity contribution >= 4 is 11.9 Å². The van der Waals surface area contributed by atoms with Crippen LogP contribution in [0.1, 0.15) is 61.3 Å². The second-order valence-electron chi connectivity index (χ2n) is 8.24. The summed E-state index contributed by atoms with van der Waals surface area (Å²) in [5.74, 6) is -0.118. The Labute approximate surface area is 178 Å². The number of fused-ring (bicyclic) bond motifs is 1. The molecule has 3 rings (SSSR count). The standard InChI is InChI=1S/C22H35N3O5/c1-3-25-20-18(6-4-10-28-11-5-9-23-21(20)26)19(24-25)14-16(2)15-30-22(27)17-7-12-29-13-8-17/h16-17H,3-15H2,1-2H3,(H,23,26)/t16-/m1/s1. The van der Waals surface area contributed by atoms with Crippen LogP contribution in [0.3, 0.4) is 0 Å². The summed E-state index contributed by atoms with van der Waals surface area (Å²) in [6.45, 7) is 8.26. The number of nitrogens with zero attached hydrogens (tertiary/aromatic N) is 2. The highest BCUT2D eigenvalue weighted by Gasteiger charge is 2.26. The maximum Gasteiger partial charge on any atom is 0.309 e. The predicted molar refractivity (Wildman–Crippen MR) is 111 cm³/mol. The van der Waals surface area contributed by atoms with Crippen molar-refractivity contribution < 1.29 is 23.8 Å². The van der Waals surface area contributed by atoms with Crippen LogP contribution < -0.4 is 5.32 Å². The zero-order valence-electron chi connectivity index (χ0n) is 18.3. The zero-order valence-corrected chi connectivity index (χ0v) is 18.3. The SMILES string of the molecule is CCn1nc(C[C@@H](C)COC(=O)C2CCOCC2)c2c1C(=O)NCCCOCCC2. The number of rotatable bonds is 6. The van der Waals surface area contributed by atoms with Gasteiger partial charge in [0.2, 0.25) is 0 Å². The maximum atomic E-state index is 12.8. The van der Waals surface area contributed by atoms with E-state index in [2.05, 4.69) is 12.2 Å². The number of carbonyl (C=O) groups is 2. The number of hydrogen-bond acceptors (Lipinski definition) is 6. The van der Waals surface area contributed by atoms with E-state index in [0.29, 0.717) is 58.2 Å². The van der Waals surface area contributed by atoms with Gasteiger partial charge in [-0.15, -0.1) is 0 Å². The number of hydrogen-bond donors (Lipinski definition) is 1. The van der Waals surface area contributed by atoms with Crippen molar-refractivity contribution in [1.82, 2.24) is 15.1 Å². The summed E-state index contributed by atoms with van der Waals surface area (Å²) in [7, 11) is 0. The number of aromatic nitrogens is 2. The molecule has 1 saturated heterocycles. The lowest BCUT2D eigenvalue weighted by atomic mass is 9.98. The van der Waals surface area contributed by atoms with E-state index in [0.717, 1.165) is 43.4 Å². The Morgan fingerprint density at radius 3 is 2.73 bits per heavy atom. The Balaban J connectivity index is 1.67. The van der Waals surface area contributed by atoms with Gasteiger partial charge in [0.05, 0.1) is 18.2 Å². The Morgan fingerprint density at radius 2 is 1.97 bits per heavy atom. The molecule has 8 heteroatoms. The summed E-state index contributed by atoms with van der Waals surface area (Å²) in [5.41, 5.74) is 2.60. The third-order valence-corrected chi connectivity index (χ3v) is 5.72. The van der Waals surface area contributed by atoms with E-state index in [-0.39, 0.29) is 23.7 Å². The number of ether oxygens (including phenoxy) is 3. The highest BCUT2D eigenvalue weighted by molar-refractivity contribution is 5.94. The van der Waals surface area contributed by atoms with Gasteiger partial charge in [-0.3, -0.25) is 14.3 Å². The molecular weight excluding hydrogens is 386 g/mol. The van der Waals surface area contributed by atoms with Crippen LogP contribution >= 0.6 is 0 Å². The van der Waals surface area contributed by atoms with E-state index >= 15 is 0 Å². The van der Waals surface area contributed by atoms with Crippen molar-refractivity contribution in [2.24, 2.45) is 11.8 Å². The van der Waals surface area contributed by atoms with Crippen LogP contribution in [-0.4, -0.2) is 61.2 Å². The lowest BCUT2D eigenvalue weighted by Crippen LogP contribution is -2.28. The molecule has 0 saturated carbocycles. The van der Waals surface area contributed by atoms with Crippen LogP contribution in [0.25, 0.3) is 0 Å². The Morgan fingerprint density at radius 1 is 1.23 bits per heavy atom. The minimum atomic E-state index is -0.125. The van der Waals surface area contributed by atoms with Crippen LogP contribution in [0.5, 0.6) is 0 Å². The Kier molecular flexibility index (Phi) is 8.69. The van der Waals surface area contributed by atoms with Gasteiger partial charge in [-0.2, -0.15) is 5.10 Å². The van der Waals surface area contributed by atoms with Crippen molar-refractivity contribution in [2.75, 3.05) is 39.6 Å². The van der Waals surface area contributed by atoms with Gasteiger partial charge in [-0.1, -0.05) is 6.92 Å². The number of esters is 1. The molecule has 1 aromatic rings.